The number of H-pyrrole nitrogens is 1. The number of aromatic nitrogens is 2. The van der Waals surface area contributed by atoms with Crippen molar-refractivity contribution >= 4 is 34.7 Å². The molecular formula is C17H22N4O2S. The number of nitrogens with zero attached hydrogens (tertiary/aromatic N) is 1. The van der Waals surface area contributed by atoms with E-state index in [4.69, 9.17) is 0 Å². The number of benzene rings is 1. The molecule has 0 radical (unpaired) electrons. The highest BCUT2D eigenvalue weighted by molar-refractivity contribution is 8.00. The van der Waals surface area contributed by atoms with Crippen LogP contribution in [0.5, 0.6) is 0 Å². The molecule has 6 nitrogen and oxygen atoms in total. The number of hydrogen-bond donors (Lipinski definition) is 3. The molecule has 0 unspecified atom stereocenters. The molecule has 0 saturated heterocycles. The zero-order valence-electron chi connectivity index (χ0n) is 13.9. The average Bonchev–Trinajstić information content (AvgIpc) is 3.15. The zero-order valence-corrected chi connectivity index (χ0v) is 14.7. The molecule has 24 heavy (non-hydrogen) atoms. The Labute approximate surface area is 145 Å². The minimum absolute atomic E-state index is 0.194. The maximum atomic E-state index is 12.2. The van der Waals surface area contributed by atoms with Crippen LogP contribution in [0.3, 0.4) is 0 Å². The van der Waals surface area contributed by atoms with Crippen LogP contribution in [0, 0.1) is 6.92 Å². The quantitative estimate of drug-likeness (QED) is 0.742. The van der Waals surface area contributed by atoms with Crippen molar-refractivity contribution in [2.24, 2.45) is 0 Å². The van der Waals surface area contributed by atoms with Gasteiger partial charge in [0.1, 0.15) is 0 Å². The van der Waals surface area contributed by atoms with Crippen LogP contribution in [0.25, 0.3) is 11.0 Å². The van der Waals surface area contributed by atoms with E-state index >= 15 is 0 Å². The Balaban J connectivity index is 1.55. The van der Waals surface area contributed by atoms with E-state index < -0.39 is 11.3 Å². The molecule has 128 valence electrons. The molecule has 1 aromatic heterocycles. The SMILES string of the molecule is Cc1ccc2nc(S[C@@H](C)C(=O)NC(=O)NC3CCCC3)[nH]c2c1. The monoisotopic (exact) mass is 346 g/mol. The molecule has 3 rings (SSSR count). The number of amides is 3. The Morgan fingerprint density at radius 2 is 2.08 bits per heavy atom. The summed E-state index contributed by atoms with van der Waals surface area (Å²) in [7, 11) is 0. The normalized spacial score (nSPS) is 16.2. The van der Waals surface area contributed by atoms with Gasteiger partial charge in [-0.25, -0.2) is 9.78 Å². The van der Waals surface area contributed by atoms with Gasteiger partial charge in [0.2, 0.25) is 5.91 Å². The predicted molar refractivity (Wildman–Crippen MR) is 95.1 cm³/mol. The Hall–Kier alpha value is -2.02. The van der Waals surface area contributed by atoms with Crippen LogP contribution in [0.1, 0.15) is 38.2 Å². The van der Waals surface area contributed by atoms with Crippen molar-refractivity contribution in [3.63, 3.8) is 0 Å². The first-order valence-electron chi connectivity index (χ1n) is 8.25. The Kier molecular flexibility index (Phi) is 5.08. The fourth-order valence-corrected chi connectivity index (χ4v) is 3.70. The molecule has 0 bridgehead atoms. The molecule has 1 saturated carbocycles. The lowest BCUT2D eigenvalue weighted by Gasteiger charge is -2.14. The van der Waals surface area contributed by atoms with Crippen LogP contribution in [0.15, 0.2) is 23.4 Å². The summed E-state index contributed by atoms with van der Waals surface area (Å²) in [6.45, 7) is 3.79. The van der Waals surface area contributed by atoms with Crippen molar-refractivity contribution in [1.82, 2.24) is 20.6 Å². The highest BCUT2D eigenvalue weighted by Crippen LogP contribution is 2.24. The lowest BCUT2D eigenvalue weighted by atomic mass is 10.2. The summed E-state index contributed by atoms with van der Waals surface area (Å²) in [4.78, 5) is 31.7. The molecular weight excluding hydrogens is 324 g/mol. The van der Waals surface area contributed by atoms with E-state index in [-0.39, 0.29) is 11.9 Å². The van der Waals surface area contributed by atoms with Gasteiger partial charge < -0.3 is 10.3 Å². The fraction of sp³-hybridized carbons (Fsp3) is 0.471. The maximum absolute atomic E-state index is 12.2. The number of fused-ring (bicyclic) bond motifs is 1. The molecule has 0 spiro atoms. The fourth-order valence-electron chi connectivity index (χ4n) is 2.88. The second kappa shape index (κ2) is 7.25. The summed E-state index contributed by atoms with van der Waals surface area (Å²) >= 11 is 1.31. The number of aromatic amines is 1. The van der Waals surface area contributed by atoms with Crippen LogP contribution in [0.4, 0.5) is 4.79 Å². The molecule has 1 atom stereocenters. The number of carbonyl (C=O) groups is 2. The van der Waals surface area contributed by atoms with Gasteiger partial charge in [-0.15, -0.1) is 0 Å². The molecule has 1 aliphatic rings. The van der Waals surface area contributed by atoms with Crippen molar-refractivity contribution in [1.29, 1.82) is 0 Å². The Morgan fingerprint density at radius 3 is 2.83 bits per heavy atom. The standard InChI is InChI=1S/C17H22N4O2S/c1-10-7-8-13-14(9-10)20-17(19-13)24-11(2)15(22)21-16(23)18-12-5-3-4-6-12/h7-9,11-12H,3-6H2,1-2H3,(H,19,20)(H2,18,21,22,23)/t11-/m0/s1. The number of hydrogen-bond acceptors (Lipinski definition) is 4. The van der Waals surface area contributed by atoms with Gasteiger partial charge >= 0.3 is 6.03 Å². The third-order valence-corrected chi connectivity index (χ3v) is 5.18. The molecule has 1 aliphatic carbocycles. The zero-order chi connectivity index (χ0) is 17.1. The van der Waals surface area contributed by atoms with E-state index in [1.807, 2.05) is 25.1 Å². The highest BCUT2D eigenvalue weighted by Gasteiger charge is 2.21. The molecule has 1 fully saturated rings. The number of rotatable bonds is 4. The molecule has 3 N–H and O–H groups in total. The first-order chi connectivity index (χ1) is 11.5. The minimum atomic E-state index is -0.416. The van der Waals surface area contributed by atoms with Gasteiger partial charge in [-0.05, 0) is 44.4 Å². The lowest BCUT2D eigenvalue weighted by molar-refractivity contribution is -0.119. The number of nitrogens with one attached hydrogen (secondary N) is 3. The summed E-state index contributed by atoms with van der Waals surface area (Å²) in [5.41, 5.74) is 2.97. The predicted octanol–water partition coefficient (Wildman–Crippen LogP) is 3.12. The van der Waals surface area contributed by atoms with Crippen LogP contribution in [0.2, 0.25) is 0 Å². The van der Waals surface area contributed by atoms with Crippen molar-refractivity contribution < 1.29 is 9.59 Å². The maximum Gasteiger partial charge on any atom is 0.321 e. The van der Waals surface area contributed by atoms with E-state index in [9.17, 15) is 9.59 Å². The minimum Gasteiger partial charge on any atom is -0.335 e. The van der Waals surface area contributed by atoms with E-state index in [0.717, 1.165) is 42.3 Å². The van der Waals surface area contributed by atoms with Gasteiger partial charge in [0, 0.05) is 6.04 Å². The van der Waals surface area contributed by atoms with Gasteiger partial charge in [-0.1, -0.05) is 30.7 Å². The number of urea groups is 1. The smallest absolute Gasteiger partial charge is 0.321 e. The first-order valence-corrected chi connectivity index (χ1v) is 9.13. The third kappa shape index (κ3) is 4.08. The van der Waals surface area contributed by atoms with Crippen LogP contribution < -0.4 is 10.6 Å². The molecule has 2 aromatic rings. The molecule has 3 amide bonds. The number of imide groups is 1. The topological polar surface area (TPSA) is 86.9 Å². The first kappa shape index (κ1) is 16.8. The highest BCUT2D eigenvalue weighted by atomic mass is 32.2. The summed E-state index contributed by atoms with van der Waals surface area (Å²) in [5.74, 6) is -0.313. The van der Waals surface area contributed by atoms with E-state index in [1.165, 1.54) is 11.8 Å². The third-order valence-electron chi connectivity index (χ3n) is 4.20. The number of carbonyl (C=O) groups excluding carboxylic acids is 2. The van der Waals surface area contributed by atoms with Crippen LogP contribution >= 0.6 is 11.8 Å². The number of thioether (sulfide) groups is 1. The van der Waals surface area contributed by atoms with E-state index in [0.29, 0.717) is 5.16 Å². The van der Waals surface area contributed by atoms with E-state index in [2.05, 4.69) is 20.6 Å². The van der Waals surface area contributed by atoms with Crippen LogP contribution in [-0.2, 0) is 4.79 Å². The molecule has 1 heterocycles. The second-order valence-electron chi connectivity index (χ2n) is 6.27. The average molecular weight is 346 g/mol. The summed E-state index contributed by atoms with van der Waals surface area (Å²) in [5, 5.41) is 5.53. The van der Waals surface area contributed by atoms with Gasteiger partial charge in [0.25, 0.3) is 0 Å². The van der Waals surface area contributed by atoms with Gasteiger partial charge in [-0.3, -0.25) is 10.1 Å². The largest absolute Gasteiger partial charge is 0.335 e. The van der Waals surface area contributed by atoms with Gasteiger partial charge in [-0.2, -0.15) is 0 Å². The van der Waals surface area contributed by atoms with Crippen LogP contribution in [-0.4, -0.2) is 33.2 Å². The van der Waals surface area contributed by atoms with Crippen molar-refractivity contribution in [2.45, 2.75) is 56.0 Å². The summed E-state index contributed by atoms with van der Waals surface area (Å²) < 4.78 is 0. The summed E-state index contributed by atoms with van der Waals surface area (Å²) in [6.07, 6.45) is 4.25. The van der Waals surface area contributed by atoms with E-state index in [1.54, 1.807) is 6.92 Å². The summed E-state index contributed by atoms with van der Waals surface area (Å²) in [6, 6.07) is 5.76. The lowest BCUT2D eigenvalue weighted by Crippen LogP contribution is -2.45. The van der Waals surface area contributed by atoms with Crippen molar-refractivity contribution in [3.8, 4) is 0 Å². The van der Waals surface area contributed by atoms with Gasteiger partial charge in [0.15, 0.2) is 5.16 Å². The Bertz CT molecular complexity index is 752. The number of imidazole rings is 1. The Morgan fingerprint density at radius 1 is 1.33 bits per heavy atom. The number of aryl methyl sites for hydroxylation is 1. The van der Waals surface area contributed by atoms with Gasteiger partial charge in [0.05, 0.1) is 16.3 Å². The van der Waals surface area contributed by atoms with Crippen molar-refractivity contribution in [2.75, 3.05) is 0 Å². The molecule has 1 aromatic carbocycles. The molecule has 0 aliphatic heterocycles. The second-order valence-corrected chi connectivity index (χ2v) is 7.60. The molecule has 7 heteroatoms. The van der Waals surface area contributed by atoms with Crippen molar-refractivity contribution in [3.05, 3.63) is 23.8 Å².